The number of ketones is 1. The fourth-order valence-electron chi connectivity index (χ4n) is 0.623. The number of rotatable bonds is 4. The van der Waals surface area contributed by atoms with Crippen LogP contribution in [0, 0.1) is 0 Å². The predicted molar refractivity (Wildman–Crippen MR) is 45.3 cm³/mol. The van der Waals surface area contributed by atoms with Crippen molar-refractivity contribution in [2.75, 3.05) is 7.05 Å². The molecule has 0 fully saturated rings. The maximum atomic E-state index is 10.6. The molecule has 0 bridgehead atoms. The number of carbonyl (C=O) groups excluding carboxylic acids is 2. The molecule has 0 aliphatic heterocycles. The van der Waals surface area contributed by atoms with Crippen molar-refractivity contribution in [3.63, 3.8) is 0 Å². The summed E-state index contributed by atoms with van der Waals surface area (Å²) in [5.74, 6) is 0.144. The van der Waals surface area contributed by atoms with Gasteiger partial charge in [-0.25, -0.2) is 0 Å². The largest absolute Gasteiger partial charge is 0.359 e. The Bertz CT molecular complexity index is 137. The van der Waals surface area contributed by atoms with Crippen molar-refractivity contribution < 1.29 is 42.3 Å². The molecule has 0 aliphatic rings. The van der Waals surface area contributed by atoms with Crippen LogP contribution in [0.1, 0.15) is 33.6 Å². The van der Waals surface area contributed by atoms with Crippen LogP contribution in [0.2, 0.25) is 0 Å². The van der Waals surface area contributed by atoms with Crippen LogP contribution in [0.5, 0.6) is 0 Å². The number of carbonyl (C=O) groups is 2. The molecule has 1 radical (unpaired) electrons. The Morgan fingerprint density at radius 2 is 1.75 bits per heavy atom. The molecule has 0 spiro atoms. The zero-order valence-corrected chi connectivity index (χ0v) is 9.85. The summed E-state index contributed by atoms with van der Waals surface area (Å²) in [6, 6.07) is 0. The van der Waals surface area contributed by atoms with E-state index in [4.69, 9.17) is 0 Å². The Hall–Kier alpha value is 0.244. The molecule has 3 nitrogen and oxygen atoms in total. The molecular weight excluding hydrogens is 231 g/mol. The van der Waals surface area contributed by atoms with Crippen molar-refractivity contribution >= 4 is 11.7 Å². The van der Waals surface area contributed by atoms with Crippen molar-refractivity contribution in [3.8, 4) is 0 Å². The van der Waals surface area contributed by atoms with Gasteiger partial charge in [0.15, 0.2) is 0 Å². The average Bonchev–Trinajstić information content (AvgIpc) is 1.87. The fourth-order valence-corrected chi connectivity index (χ4v) is 0.623. The van der Waals surface area contributed by atoms with Crippen molar-refractivity contribution in [2.45, 2.75) is 33.6 Å². The van der Waals surface area contributed by atoms with Gasteiger partial charge in [-0.1, -0.05) is 7.43 Å². The van der Waals surface area contributed by atoms with Crippen molar-refractivity contribution in [1.29, 1.82) is 0 Å². The molecule has 0 rings (SSSR count). The van der Waals surface area contributed by atoms with E-state index in [2.05, 4.69) is 5.32 Å². The molecule has 0 saturated heterocycles. The van der Waals surface area contributed by atoms with E-state index in [-0.39, 0.29) is 51.8 Å². The Kier molecular flexibility index (Phi) is 17.0. The van der Waals surface area contributed by atoms with Gasteiger partial charge in [-0.05, 0) is 13.3 Å². The second-order valence-corrected chi connectivity index (χ2v) is 2.23. The summed E-state index contributed by atoms with van der Waals surface area (Å²) in [5.41, 5.74) is 0. The Morgan fingerprint density at radius 3 is 2.08 bits per heavy atom. The van der Waals surface area contributed by atoms with Crippen LogP contribution < -0.4 is 5.32 Å². The number of Topliss-reactive ketones (excluding diaryl/α,β-unsaturated/α-hetero) is 1. The molecule has 1 amide bonds. The fraction of sp³-hybridized carbons (Fsp3) is 0.750. The number of hydrogen-bond acceptors (Lipinski definition) is 2. The Labute approximate surface area is 99.6 Å². The number of nitrogens with one attached hydrogen (secondary N) is 1. The zero-order chi connectivity index (χ0) is 7.98. The van der Waals surface area contributed by atoms with E-state index >= 15 is 0 Å². The molecule has 0 aromatic heterocycles. The van der Waals surface area contributed by atoms with E-state index < -0.39 is 0 Å². The maximum Gasteiger partial charge on any atom is 0.219 e. The maximum absolute atomic E-state index is 10.6. The standard InChI is InChI=1S/C7H13NO2.CH4.Y/c1-6(9)4-3-5-7(10)8-2;;/h3-5H2,1-2H3,(H,8,10);1H4;. The minimum atomic E-state index is 0. The van der Waals surface area contributed by atoms with Crippen molar-refractivity contribution in [2.24, 2.45) is 0 Å². The second kappa shape index (κ2) is 11.2. The molecule has 4 heteroatoms. The van der Waals surface area contributed by atoms with Crippen LogP contribution in [0.3, 0.4) is 0 Å². The molecule has 0 saturated carbocycles. The summed E-state index contributed by atoms with van der Waals surface area (Å²) in [5, 5.41) is 2.49. The monoisotopic (exact) mass is 248 g/mol. The normalized spacial score (nSPS) is 7.50. The summed E-state index contributed by atoms with van der Waals surface area (Å²) in [6.07, 6.45) is 1.62. The average molecular weight is 248 g/mol. The first-order valence-electron chi connectivity index (χ1n) is 3.37. The number of amides is 1. The van der Waals surface area contributed by atoms with Crippen LogP contribution in [0.4, 0.5) is 0 Å². The van der Waals surface area contributed by atoms with Crippen LogP contribution >= 0.6 is 0 Å². The number of hydrogen-bond donors (Lipinski definition) is 1. The van der Waals surface area contributed by atoms with E-state index in [9.17, 15) is 9.59 Å². The first-order chi connectivity index (χ1) is 4.66. The van der Waals surface area contributed by atoms with E-state index in [1.54, 1.807) is 7.05 Å². The van der Waals surface area contributed by atoms with Crippen LogP contribution in [-0.4, -0.2) is 18.7 Å². The molecule has 1 N–H and O–H groups in total. The quantitative estimate of drug-likeness (QED) is 0.810. The summed E-state index contributed by atoms with van der Waals surface area (Å²) in [6.45, 7) is 1.53. The van der Waals surface area contributed by atoms with Crippen LogP contribution in [0.15, 0.2) is 0 Å². The van der Waals surface area contributed by atoms with Gasteiger partial charge >= 0.3 is 0 Å². The van der Waals surface area contributed by atoms with E-state index in [1.165, 1.54) is 6.92 Å². The van der Waals surface area contributed by atoms with E-state index in [0.717, 1.165) is 0 Å². The first kappa shape index (κ1) is 18.1. The van der Waals surface area contributed by atoms with Gasteiger partial charge in [-0.15, -0.1) is 0 Å². The topological polar surface area (TPSA) is 46.2 Å². The second-order valence-electron chi connectivity index (χ2n) is 2.23. The van der Waals surface area contributed by atoms with Crippen molar-refractivity contribution in [3.05, 3.63) is 0 Å². The van der Waals surface area contributed by atoms with Gasteiger partial charge in [0.05, 0.1) is 0 Å². The van der Waals surface area contributed by atoms with Gasteiger partial charge in [0, 0.05) is 52.6 Å². The van der Waals surface area contributed by atoms with Gasteiger partial charge < -0.3 is 10.1 Å². The molecule has 0 unspecified atom stereocenters. The van der Waals surface area contributed by atoms with Crippen LogP contribution in [-0.2, 0) is 42.3 Å². The molecular formula is C8H17NO2Y. The van der Waals surface area contributed by atoms with E-state index in [0.29, 0.717) is 19.3 Å². The smallest absolute Gasteiger partial charge is 0.219 e. The molecule has 0 aromatic carbocycles. The molecule has 0 heterocycles. The molecule has 0 atom stereocenters. The minimum Gasteiger partial charge on any atom is -0.359 e. The van der Waals surface area contributed by atoms with Gasteiger partial charge in [0.25, 0.3) is 0 Å². The summed E-state index contributed by atoms with van der Waals surface area (Å²) < 4.78 is 0. The Morgan fingerprint density at radius 1 is 1.25 bits per heavy atom. The zero-order valence-electron chi connectivity index (χ0n) is 7.02. The third kappa shape index (κ3) is 12.9. The third-order valence-corrected chi connectivity index (χ3v) is 1.21. The first-order valence-corrected chi connectivity index (χ1v) is 3.37. The minimum absolute atomic E-state index is 0. The van der Waals surface area contributed by atoms with Gasteiger partial charge in [0.1, 0.15) is 5.78 Å². The third-order valence-electron chi connectivity index (χ3n) is 1.21. The van der Waals surface area contributed by atoms with Gasteiger partial charge in [-0.3, -0.25) is 4.79 Å². The molecule has 0 aliphatic carbocycles. The summed E-state index contributed by atoms with van der Waals surface area (Å²) >= 11 is 0. The Balaban J connectivity index is -0.000000405. The molecule has 12 heavy (non-hydrogen) atoms. The SMILES string of the molecule is C.CNC(=O)CCCC(C)=O.[Y]. The van der Waals surface area contributed by atoms with Crippen molar-refractivity contribution in [1.82, 2.24) is 5.32 Å². The van der Waals surface area contributed by atoms with E-state index in [1.807, 2.05) is 0 Å². The summed E-state index contributed by atoms with van der Waals surface area (Å²) in [4.78, 5) is 21.0. The van der Waals surface area contributed by atoms with Gasteiger partial charge in [-0.2, -0.15) is 0 Å². The summed E-state index contributed by atoms with van der Waals surface area (Å²) in [7, 11) is 1.59. The van der Waals surface area contributed by atoms with Gasteiger partial charge in [0.2, 0.25) is 5.91 Å². The molecule has 69 valence electrons. The predicted octanol–water partition coefficient (Wildman–Crippen LogP) is 1.13. The van der Waals surface area contributed by atoms with Crippen LogP contribution in [0.25, 0.3) is 0 Å². The molecule has 0 aromatic rings.